The average molecular weight is 254 g/mol. The molecule has 0 unspecified atom stereocenters. The maximum Gasteiger partial charge on any atom is 0.213 e. The van der Waals surface area contributed by atoms with Gasteiger partial charge in [-0.3, -0.25) is 9.78 Å². The lowest BCUT2D eigenvalue weighted by molar-refractivity contribution is 0.111. The fourth-order valence-electron chi connectivity index (χ4n) is 1.51. The second kappa shape index (κ2) is 5.99. The van der Waals surface area contributed by atoms with Crippen LogP contribution in [0.25, 0.3) is 0 Å². The molecule has 0 aromatic carbocycles. The molecule has 0 aliphatic heterocycles. The first kappa shape index (κ1) is 13.1. The van der Waals surface area contributed by atoms with Crippen molar-refractivity contribution in [3.8, 4) is 11.6 Å². The molecular weight excluding hydrogens is 243 g/mol. The lowest BCUT2D eigenvalue weighted by Gasteiger charge is -2.09. The SMILES string of the molecule is [B]c1cncc(COc2cnc(OC)cc2C=O)c1. The fraction of sp³-hybridized carbons (Fsp3) is 0.154. The molecular formula is C13H11BN2O3. The van der Waals surface area contributed by atoms with Gasteiger partial charge in [-0.25, -0.2) is 4.98 Å². The zero-order valence-corrected chi connectivity index (χ0v) is 10.4. The third-order valence-corrected chi connectivity index (χ3v) is 2.42. The number of carbonyl (C=O) groups excluding carboxylic acids is 1. The Balaban J connectivity index is 2.13. The number of carbonyl (C=O) groups is 1. The van der Waals surface area contributed by atoms with E-state index in [4.69, 9.17) is 17.3 Å². The molecule has 94 valence electrons. The molecule has 19 heavy (non-hydrogen) atoms. The third-order valence-electron chi connectivity index (χ3n) is 2.42. The van der Waals surface area contributed by atoms with E-state index in [9.17, 15) is 4.79 Å². The zero-order chi connectivity index (χ0) is 13.7. The molecule has 0 N–H and O–H groups in total. The lowest BCUT2D eigenvalue weighted by atomic mass is 9.97. The van der Waals surface area contributed by atoms with Gasteiger partial charge in [-0.15, -0.1) is 0 Å². The highest BCUT2D eigenvalue weighted by Crippen LogP contribution is 2.20. The summed E-state index contributed by atoms with van der Waals surface area (Å²) in [7, 11) is 7.10. The maximum absolute atomic E-state index is 11.0. The molecule has 2 aromatic heterocycles. The number of methoxy groups -OCH3 is 1. The van der Waals surface area contributed by atoms with E-state index in [-0.39, 0.29) is 6.61 Å². The predicted molar refractivity (Wildman–Crippen MR) is 70.1 cm³/mol. The Hall–Kier alpha value is -2.37. The molecule has 0 aliphatic carbocycles. The summed E-state index contributed by atoms with van der Waals surface area (Å²) < 4.78 is 10.5. The second-order valence-electron chi connectivity index (χ2n) is 3.80. The Morgan fingerprint density at radius 1 is 1.32 bits per heavy atom. The number of hydrogen-bond donors (Lipinski definition) is 0. The van der Waals surface area contributed by atoms with Gasteiger partial charge in [0, 0.05) is 24.0 Å². The minimum Gasteiger partial charge on any atom is -0.486 e. The van der Waals surface area contributed by atoms with E-state index in [1.807, 2.05) is 0 Å². The van der Waals surface area contributed by atoms with E-state index in [2.05, 4.69) is 9.97 Å². The topological polar surface area (TPSA) is 61.3 Å². The van der Waals surface area contributed by atoms with Gasteiger partial charge in [0.05, 0.1) is 18.9 Å². The summed E-state index contributed by atoms with van der Waals surface area (Å²) in [6, 6.07) is 3.27. The number of nitrogens with zero attached hydrogens (tertiary/aromatic N) is 2. The standard InChI is InChI=1S/C13H11BN2O3/c1-18-13-3-10(7-17)12(6-16-13)19-8-9-2-11(14)5-15-4-9/h2-7H,8H2,1H3. The van der Waals surface area contributed by atoms with Crippen molar-refractivity contribution < 1.29 is 14.3 Å². The van der Waals surface area contributed by atoms with Crippen molar-refractivity contribution in [3.05, 3.63) is 41.9 Å². The van der Waals surface area contributed by atoms with Gasteiger partial charge in [-0.2, -0.15) is 0 Å². The van der Waals surface area contributed by atoms with Crippen molar-refractivity contribution >= 4 is 19.6 Å². The van der Waals surface area contributed by atoms with Gasteiger partial charge in [0.2, 0.25) is 5.88 Å². The van der Waals surface area contributed by atoms with Crippen LogP contribution in [0, 0.1) is 0 Å². The molecule has 2 rings (SSSR count). The fourth-order valence-corrected chi connectivity index (χ4v) is 1.51. The average Bonchev–Trinajstić information content (AvgIpc) is 2.45. The van der Waals surface area contributed by atoms with Gasteiger partial charge in [-0.05, 0) is 0 Å². The molecule has 0 bridgehead atoms. The van der Waals surface area contributed by atoms with E-state index >= 15 is 0 Å². The summed E-state index contributed by atoms with van der Waals surface area (Å²) in [6.45, 7) is 0.257. The smallest absolute Gasteiger partial charge is 0.213 e. The van der Waals surface area contributed by atoms with Crippen molar-refractivity contribution in [2.24, 2.45) is 0 Å². The van der Waals surface area contributed by atoms with E-state index in [0.29, 0.717) is 28.9 Å². The zero-order valence-electron chi connectivity index (χ0n) is 10.4. The van der Waals surface area contributed by atoms with E-state index in [0.717, 1.165) is 5.56 Å². The van der Waals surface area contributed by atoms with Gasteiger partial charge in [-0.1, -0.05) is 11.5 Å². The summed E-state index contributed by atoms with van der Waals surface area (Å²) in [6.07, 6.45) is 5.34. The normalized spacial score (nSPS) is 9.95. The molecule has 6 heteroatoms. The summed E-state index contributed by atoms with van der Waals surface area (Å²) in [5, 5.41) is 0. The van der Waals surface area contributed by atoms with Crippen molar-refractivity contribution in [3.63, 3.8) is 0 Å². The van der Waals surface area contributed by atoms with Gasteiger partial charge in [0.1, 0.15) is 20.2 Å². The maximum atomic E-state index is 11.0. The quantitative estimate of drug-likeness (QED) is 0.579. The van der Waals surface area contributed by atoms with Crippen LogP contribution in [0.4, 0.5) is 0 Å². The minimum atomic E-state index is 0.257. The van der Waals surface area contributed by atoms with Crippen LogP contribution in [0.15, 0.2) is 30.7 Å². The van der Waals surface area contributed by atoms with Gasteiger partial charge >= 0.3 is 0 Å². The second-order valence-corrected chi connectivity index (χ2v) is 3.80. The Morgan fingerprint density at radius 2 is 2.16 bits per heavy atom. The molecule has 0 saturated heterocycles. The first-order valence-electron chi connectivity index (χ1n) is 5.54. The molecule has 0 atom stereocenters. The largest absolute Gasteiger partial charge is 0.486 e. The van der Waals surface area contributed by atoms with Crippen molar-refractivity contribution in [1.82, 2.24) is 9.97 Å². The van der Waals surface area contributed by atoms with Gasteiger partial charge in [0.15, 0.2) is 6.29 Å². The molecule has 2 radical (unpaired) electrons. The van der Waals surface area contributed by atoms with E-state index in [1.165, 1.54) is 19.4 Å². The number of aromatic nitrogens is 2. The van der Waals surface area contributed by atoms with Crippen LogP contribution < -0.4 is 14.9 Å². The van der Waals surface area contributed by atoms with E-state index in [1.54, 1.807) is 18.5 Å². The Morgan fingerprint density at radius 3 is 2.84 bits per heavy atom. The van der Waals surface area contributed by atoms with Crippen LogP contribution in [0.5, 0.6) is 11.6 Å². The van der Waals surface area contributed by atoms with Crippen molar-refractivity contribution in [2.75, 3.05) is 7.11 Å². The number of ether oxygens (including phenoxy) is 2. The van der Waals surface area contributed by atoms with Gasteiger partial charge in [0.25, 0.3) is 0 Å². The molecule has 2 heterocycles. The van der Waals surface area contributed by atoms with Crippen molar-refractivity contribution in [1.29, 1.82) is 0 Å². The Bertz CT molecular complexity index is 590. The predicted octanol–water partition coefficient (Wildman–Crippen LogP) is 0.670. The van der Waals surface area contributed by atoms with Crippen LogP contribution in [0.2, 0.25) is 0 Å². The number of pyridine rings is 2. The summed E-state index contributed by atoms with van der Waals surface area (Å²) in [5.41, 5.74) is 1.75. The monoisotopic (exact) mass is 254 g/mol. The summed E-state index contributed by atoms with van der Waals surface area (Å²) >= 11 is 0. The summed E-state index contributed by atoms with van der Waals surface area (Å²) in [4.78, 5) is 18.9. The molecule has 0 aliphatic rings. The number of hydrogen-bond acceptors (Lipinski definition) is 5. The van der Waals surface area contributed by atoms with Crippen LogP contribution in [0.3, 0.4) is 0 Å². The first-order valence-corrected chi connectivity index (χ1v) is 5.54. The highest BCUT2D eigenvalue weighted by atomic mass is 16.5. The molecule has 0 spiro atoms. The Kier molecular flexibility index (Phi) is 4.13. The summed E-state index contributed by atoms with van der Waals surface area (Å²) in [5.74, 6) is 0.748. The Labute approximate surface area is 112 Å². The van der Waals surface area contributed by atoms with Crippen LogP contribution in [-0.2, 0) is 6.61 Å². The first-order chi connectivity index (χ1) is 9.22. The van der Waals surface area contributed by atoms with E-state index < -0.39 is 0 Å². The highest BCUT2D eigenvalue weighted by molar-refractivity contribution is 6.32. The molecule has 0 saturated carbocycles. The van der Waals surface area contributed by atoms with Crippen LogP contribution in [0.1, 0.15) is 15.9 Å². The number of rotatable bonds is 5. The molecule has 2 aromatic rings. The lowest BCUT2D eigenvalue weighted by Crippen LogP contribution is -2.07. The molecule has 0 amide bonds. The molecule has 5 nitrogen and oxygen atoms in total. The molecule has 0 fully saturated rings. The third kappa shape index (κ3) is 3.31. The number of aldehydes is 1. The minimum absolute atomic E-state index is 0.257. The van der Waals surface area contributed by atoms with Crippen molar-refractivity contribution in [2.45, 2.75) is 6.61 Å². The van der Waals surface area contributed by atoms with Crippen LogP contribution in [-0.4, -0.2) is 31.2 Å². The van der Waals surface area contributed by atoms with Gasteiger partial charge < -0.3 is 9.47 Å². The van der Waals surface area contributed by atoms with Crippen LogP contribution >= 0.6 is 0 Å². The highest BCUT2D eigenvalue weighted by Gasteiger charge is 2.06.